The second-order valence-corrected chi connectivity index (χ2v) is 5.05. The van der Waals surface area contributed by atoms with E-state index in [-0.39, 0.29) is 5.78 Å². The summed E-state index contributed by atoms with van der Waals surface area (Å²) in [5.41, 5.74) is 2.26. The van der Waals surface area contributed by atoms with Gasteiger partial charge in [-0.25, -0.2) is 0 Å². The van der Waals surface area contributed by atoms with Crippen molar-refractivity contribution in [2.45, 2.75) is 6.92 Å². The van der Waals surface area contributed by atoms with Crippen LogP contribution in [0.1, 0.15) is 21.5 Å². The Balaban J connectivity index is 2.48. The quantitative estimate of drug-likeness (QED) is 0.738. The predicted octanol–water partition coefficient (Wildman–Crippen LogP) is 4.64. The van der Waals surface area contributed by atoms with Gasteiger partial charge >= 0.3 is 0 Å². The van der Waals surface area contributed by atoms with E-state index < -0.39 is 0 Å². The number of aryl methyl sites for hydroxylation is 1. The van der Waals surface area contributed by atoms with Gasteiger partial charge < -0.3 is 0 Å². The maximum atomic E-state index is 12.3. The molecule has 0 radical (unpaired) electrons. The molecule has 0 atom stereocenters. The SMILES string of the molecule is Cc1ccc(C(=O)c2ccccc2Cl)c(Br)c1. The fourth-order valence-electron chi connectivity index (χ4n) is 1.59. The summed E-state index contributed by atoms with van der Waals surface area (Å²) in [5, 5.41) is 0.477. The van der Waals surface area contributed by atoms with Crippen LogP contribution in [0.3, 0.4) is 0 Å². The third-order valence-corrected chi connectivity index (χ3v) is 3.47. The van der Waals surface area contributed by atoms with Crippen molar-refractivity contribution in [3.63, 3.8) is 0 Å². The van der Waals surface area contributed by atoms with Gasteiger partial charge in [-0.05, 0) is 36.8 Å². The van der Waals surface area contributed by atoms with E-state index >= 15 is 0 Å². The molecule has 0 saturated carbocycles. The first kappa shape index (κ1) is 12.3. The van der Waals surface area contributed by atoms with Gasteiger partial charge in [0, 0.05) is 15.6 Å². The van der Waals surface area contributed by atoms with E-state index in [9.17, 15) is 4.79 Å². The summed E-state index contributed by atoms with van der Waals surface area (Å²) >= 11 is 9.42. The second-order valence-electron chi connectivity index (χ2n) is 3.79. The number of benzene rings is 2. The third-order valence-electron chi connectivity index (χ3n) is 2.49. The van der Waals surface area contributed by atoms with Crippen molar-refractivity contribution in [2.75, 3.05) is 0 Å². The maximum Gasteiger partial charge on any atom is 0.195 e. The van der Waals surface area contributed by atoms with Gasteiger partial charge in [0.1, 0.15) is 0 Å². The lowest BCUT2D eigenvalue weighted by molar-refractivity contribution is 0.103. The molecule has 0 amide bonds. The highest BCUT2D eigenvalue weighted by Gasteiger charge is 2.14. The third kappa shape index (κ3) is 2.59. The number of hydrogen-bond donors (Lipinski definition) is 0. The van der Waals surface area contributed by atoms with E-state index in [0.717, 1.165) is 10.0 Å². The normalized spacial score (nSPS) is 10.3. The molecule has 2 aromatic carbocycles. The Labute approximate surface area is 114 Å². The molecule has 2 rings (SSSR count). The lowest BCUT2D eigenvalue weighted by Gasteiger charge is -2.06. The number of carbonyl (C=O) groups excluding carboxylic acids is 1. The van der Waals surface area contributed by atoms with Gasteiger partial charge in [-0.3, -0.25) is 4.79 Å². The highest BCUT2D eigenvalue weighted by atomic mass is 79.9. The highest BCUT2D eigenvalue weighted by Crippen LogP contribution is 2.24. The summed E-state index contributed by atoms with van der Waals surface area (Å²) in [6.07, 6.45) is 0. The number of rotatable bonds is 2. The van der Waals surface area contributed by atoms with Crippen LogP contribution in [-0.2, 0) is 0 Å². The smallest absolute Gasteiger partial charge is 0.195 e. The van der Waals surface area contributed by atoms with Crippen LogP contribution in [0, 0.1) is 6.92 Å². The summed E-state index contributed by atoms with van der Waals surface area (Å²) in [5.74, 6) is -0.0672. The van der Waals surface area contributed by atoms with E-state index in [1.54, 1.807) is 18.2 Å². The maximum absolute atomic E-state index is 12.3. The van der Waals surface area contributed by atoms with E-state index in [1.807, 2.05) is 31.2 Å². The van der Waals surface area contributed by atoms with Gasteiger partial charge in [-0.1, -0.05) is 45.7 Å². The first-order valence-electron chi connectivity index (χ1n) is 5.15. The van der Waals surface area contributed by atoms with Crippen molar-refractivity contribution in [2.24, 2.45) is 0 Å². The molecule has 0 unspecified atom stereocenters. The molecule has 0 aliphatic rings. The number of hydrogen-bond acceptors (Lipinski definition) is 1. The van der Waals surface area contributed by atoms with Crippen LogP contribution in [0.15, 0.2) is 46.9 Å². The molecule has 0 heterocycles. The zero-order valence-corrected chi connectivity index (χ0v) is 11.5. The zero-order valence-electron chi connectivity index (χ0n) is 9.21. The summed E-state index contributed by atoms with van der Waals surface area (Å²) in [4.78, 5) is 12.3. The van der Waals surface area contributed by atoms with Crippen molar-refractivity contribution < 1.29 is 4.79 Å². The molecule has 2 aromatic rings. The molecule has 17 heavy (non-hydrogen) atoms. The van der Waals surface area contributed by atoms with Crippen LogP contribution in [-0.4, -0.2) is 5.78 Å². The highest BCUT2D eigenvalue weighted by molar-refractivity contribution is 9.10. The average Bonchev–Trinajstić information content (AvgIpc) is 2.29. The molecule has 0 aliphatic heterocycles. The predicted molar refractivity (Wildman–Crippen MR) is 73.8 cm³/mol. The van der Waals surface area contributed by atoms with E-state index in [0.29, 0.717) is 16.1 Å². The molecule has 0 fully saturated rings. The molecule has 0 aromatic heterocycles. The summed E-state index contributed by atoms with van der Waals surface area (Å²) in [7, 11) is 0. The zero-order chi connectivity index (χ0) is 12.4. The van der Waals surface area contributed by atoms with Gasteiger partial charge in [-0.2, -0.15) is 0 Å². The summed E-state index contributed by atoms with van der Waals surface area (Å²) < 4.78 is 0.794. The van der Waals surface area contributed by atoms with Crippen LogP contribution >= 0.6 is 27.5 Å². The van der Waals surface area contributed by atoms with Crippen LogP contribution in [0.25, 0.3) is 0 Å². The minimum Gasteiger partial charge on any atom is -0.289 e. The van der Waals surface area contributed by atoms with Gasteiger partial charge in [-0.15, -0.1) is 0 Å². The van der Waals surface area contributed by atoms with Crippen LogP contribution in [0.2, 0.25) is 5.02 Å². The van der Waals surface area contributed by atoms with Crippen molar-refractivity contribution in [1.29, 1.82) is 0 Å². The molecule has 3 heteroatoms. The van der Waals surface area contributed by atoms with Crippen molar-refractivity contribution in [3.8, 4) is 0 Å². The van der Waals surface area contributed by atoms with Crippen molar-refractivity contribution in [3.05, 3.63) is 68.7 Å². The van der Waals surface area contributed by atoms with Crippen LogP contribution in [0.5, 0.6) is 0 Å². The van der Waals surface area contributed by atoms with Gasteiger partial charge in [0.25, 0.3) is 0 Å². The second kappa shape index (κ2) is 5.03. The Morgan fingerprint density at radius 1 is 1.12 bits per heavy atom. The molecular weight excluding hydrogens is 300 g/mol. The van der Waals surface area contributed by atoms with E-state index in [2.05, 4.69) is 15.9 Å². The first-order valence-corrected chi connectivity index (χ1v) is 6.32. The molecule has 0 aliphatic carbocycles. The summed E-state index contributed by atoms with van der Waals surface area (Å²) in [6, 6.07) is 12.7. The number of halogens is 2. The van der Waals surface area contributed by atoms with Gasteiger partial charge in [0.05, 0.1) is 5.02 Å². The van der Waals surface area contributed by atoms with Crippen LogP contribution in [0.4, 0.5) is 0 Å². The molecule has 86 valence electrons. The molecule has 0 spiro atoms. The molecular formula is C14H10BrClO. The number of carbonyl (C=O) groups is 1. The standard InChI is InChI=1S/C14H10BrClO/c1-9-6-7-10(12(15)8-9)14(17)11-4-2-3-5-13(11)16/h2-8H,1H3. The van der Waals surface area contributed by atoms with E-state index in [4.69, 9.17) is 11.6 Å². The van der Waals surface area contributed by atoms with Gasteiger partial charge in [0.15, 0.2) is 5.78 Å². The Morgan fingerprint density at radius 2 is 1.82 bits per heavy atom. The van der Waals surface area contributed by atoms with Crippen molar-refractivity contribution in [1.82, 2.24) is 0 Å². The minimum absolute atomic E-state index is 0.0672. The van der Waals surface area contributed by atoms with E-state index in [1.165, 1.54) is 0 Å². The Bertz CT molecular complexity index is 578. The monoisotopic (exact) mass is 308 g/mol. The fourth-order valence-corrected chi connectivity index (χ4v) is 2.49. The Hall–Kier alpha value is -1.12. The molecule has 0 saturated heterocycles. The average molecular weight is 310 g/mol. The largest absolute Gasteiger partial charge is 0.289 e. The number of ketones is 1. The first-order chi connectivity index (χ1) is 8.09. The molecule has 0 N–H and O–H groups in total. The fraction of sp³-hybridized carbons (Fsp3) is 0.0714. The van der Waals surface area contributed by atoms with Gasteiger partial charge in [0.2, 0.25) is 0 Å². The van der Waals surface area contributed by atoms with Crippen molar-refractivity contribution >= 4 is 33.3 Å². The Kier molecular flexibility index (Phi) is 3.65. The molecule has 0 bridgehead atoms. The summed E-state index contributed by atoms with van der Waals surface area (Å²) in [6.45, 7) is 1.98. The minimum atomic E-state index is -0.0672. The Morgan fingerprint density at radius 3 is 2.47 bits per heavy atom. The topological polar surface area (TPSA) is 17.1 Å². The molecule has 1 nitrogen and oxygen atoms in total. The van der Waals surface area contributed by atoms with Crippen LogP contribution < -0.4 is 0 Å². The lowest BCUT2D eigenvalue weighted by Crippen LogP contribution is -2.03. The lowest BCUT2D eigenvalue weighted by atomic mass is 10.0.